The Morgan fingerprint density at radius 3 is 2.76 bits per heavy atom. The molecule has 5 rings (SSSR count). The Morgan fingerprint density at radius 1 is 1.15 bits per heavy atom. The normalized spacial score (nSPS) is 18.7. The molecule has 3 heterocycles. The van der Waals surface area contributed by atoms with Crippen LogP contribution in [0.3, 0.4) is 0 Å². The number of halogens is 1. The number of nitrogens with zero attached hydrogens (tertiary/aromatic N) is 1. The number of quaternary nitrogens is 1. The number of amides is 1. The van der Waals surface area contributed by atoms with Crippen LogP contribution in [0, 0.1) is 5.82 Å². The van der Waals surface area contributed by atoms with Gasteiger partial charge in [0, 0.05) is 13.0 Å². The maximum atomic E-state index is 13.9. The fourth-order valence-electron chi connectivity index (χ4n) is 4.79. The van der Waals surface area contributed by atoms with Crippen LogP contribution in [0.15, 0.2) is 51.7 Å². The molecule has 1 aromatic heterocycles. The van der Waals surface area contributed by atoms with Crippen molar-refractivity contribution in [2.24, 2.45) is 0 Å². The number of ether oxygens (including phenoxy) is 2. The predicted molar refractivity (Wildman–Crippen MR) is 119 cm³/mol. The lowest BCUT2D eigenvalue weighted by atomic mass is 9.98. The first-order chi connectivity index (χ1) is 16.1. The number of rotatable bonds is 6. The Hall–Kier alpha value is -3.23. The molecular formula is C25H26FN2O5+. The summed E-state index contributed by atoms with van der Waals surface area (Å²) in [5.41, 5.74) is 0.832. The minimum atomic E-state index is -0.619. The number of morpholine rings is 1. The third-order valence-electron chi connectivity index (χ3n) is 6.47. The summed E-state index contributed by atoms with van der Waals surface area (Å²) in [5.74, 6) is -0.187. The maximum absolute atomic E-state index is 13.9. The summed E-state index contributed by atoms with van der Waals surface area (Å²) in [6, 6.07) is 10.5. The van der Waals surface area contributed by atoms with Gasteiger partial charge in [0.05, 0.1) is 43.9 Å². The van der Waals surface area contributed by atoms with Crippen LogP contribution < -0.4 is 15.1 Å². The second-order valence-corrected chi connectivity index (χ2v) is 8.46. The minimum Gasteiger partial charge on any atom is -0.497 e. The number of carbonyl (C=O) groups excluding carboxylic acids is 1. The summed E-state index contributed by atoms with van der Waals surface area (Å²) in [7, 11) is 1.57. The lowest BCUT2D eigenvalue weighted by Crippen LogP contribution is -3.14. The third kappa shape index (κ3) is 4.00. The highest BCUT2D eigenvalue weighted by molar-refractivity contribution is 5.99. The number of hydrogen-bond donors (Lipinski definition) is 1. The molecule has 0 saturated carbocycles. The highest BCUT2D eigenvalue weighted by atomic mass is 19.1. The fourth-order valence-corrected chi connectivity index (χ4v) is 4.79. The lowest BCUT2D eigenvalue weighted by Gasteiger charge is -2.27. The minimum absolute atomic E-state index is 0.0330. The van der Waals surface area contributed by atoms with Gasteiger partial charge in [0.15, 0.2) is 5.43 Å². The van der Waals surface area contributed by atoms with Gasteiger partial charge in [0.2, 0.25) is 5.76 Å². The van der Waals surface area contributed by atoms with Crippen molar-refractivity contribution in [3.05, 3.63) is 75.4 Å². The summed E-state index contributed by atoms with van der Waals surface area (Å²) in [5, 5.41) is 0.133. The average molecular weight is 453 g/mol. The van der Waals surface area contributed by atoms with Gasteiger partial charge in [-0.25, -0.2) is 4.39 Å². The fraction of sp³-hybridized carbons (Fsp3) is 0.360. The second-order valence-electron chi connectivity index (χ2n) is 8.46. The van der Waals surface area contributed by atoms with E-state index in [4.69, 9.17) is 13.9 Å². The van der Waals surface area contributed by atoms with Gasteiger partial charge >= 0.3 is 0 Å². The molecule has 0 unspecified atom stereocenters. The molecule has 172 valence electrons. The van der Waals surface area contributed by atoms with Crippen LogP contribution in [-0.4, -0.2) is 57.3 Å². The van der Waals surface area contributed by atoms with Crippen LogP contribution in [0.1, 0.15) is 34.1 Å². The van der Waals surface area contributed by atoms with Gasteiger partial charge in [-0.2, -0.15) is 0 Å². The van der Waals surface area contributed by atoms with Crippen LogP contribution in [0.25, 0.3) is 11.0 Å². The zero-order valence-electron chi connectivity index (χ0n) is 18.4. The monoisotopic (exact) mass is 453 g/mol. The molecule has 7 nitrogen and oxygen atoms in total. The molecule has 0 aliphatic carbocycles. The van der Waals surface area contributed by atoms with Gasteiger partial charge in [0.1, 0.15) is 30.2 Å². The van der Waals surface area contributed by atoms with E-state index in [0.29, 0.717) is 12.3 Å². The van der Waals surface area contributed by atoms with Crippen molar-refractivity contribution in [1.82, 2.24) is 4.90 Å². The highest BCUT2D eigenvalue weighted by Gasteiger charge is 2.42. The number of hydrogen-bond acceptors (Lipinski definition) is 5. The van der Waals surface area contributed by atoms with Crippen molar-refractivity contribution >= 4 is 16.9 Å². The highest BCUT2D eigenvalue weighted by Crippen LogP contribution is 2.39. The molecule has 2 aromatic carbocycles. The summed E-state index contributed by atoms with van der Waals surface area (Å²) < 4.78 is 30.6. The van der Waals surface area contributed by atoms with Gasteiger partial charge in [-0.1, -0.05) is 12.1 Å². The SMILES string of the molecule is COc1cccc([C@H]2c3c(oc4ccc(F)cc4c3=O)C(=O)N2CCC[NH+]2CCOCC2)c1. The number of nitrogens with one attached hydrogen (secondary N) is 1. The van der Waals surface area contributed by atoms with Crippen LogP contribution in [-0.2, 0) is 4.74 Å². The number of carbonyl (C=O) groups is 1. The predicted octanol–water partition coefficient (Wildman–Crippen LogP) is 1.79. The first-order valence-electron chi connectivity index (χ1n) is 11.2. The smallest absolute Gasteiger partial charge is 0.290 e. The van der Waals surface area contributed by atoms with Gasteiger partial charge in [-0.3, -0.25) is 9.59 Å². The molecule has 1 atom stereocenters. The molecule has 0 spiro atoms. The molecule has 2 aliphatic rings. The van der Waals surface area contributed by atoms with E-state index in [1.54, 1.807) is 12.0 Å². The van der Waals surface area contributed by atoms with Crippen molar-refractivity contribution in [1.29, 1.82) is 0 Å². The molecule has 1 amide bonds. The summed E-state index contributed by atoms with van der Waals surface area (Å²) in [6.45, 7) is 4.77. The molecule has 0 radical (unpaired) electrons. The van der Waals surface area contributed by atoms with E-state index >= 15 is 0 Å². The lowest BCUT2D eigenvalue weighted by molar-refractivity contribution is -0.908. The Labute approximate surface area is 190 Å². The Morgan fingerprint density at radius 2 is 1.97 bits per heavy atom. The van der Waals surface area contributed by atoms with Gasteiger partial charge in [-0.05, 0) is 35.9 Å². The van der Waals surface area contributed by atoms with Gasteiger partial charge in [-0.15, -0.1) is 0 Å². The standard InChI is InChI=1S/C25H25FN2O5/c1-31-18-5-2-4-16(14-18)22-21-23(29)19-15-17(26)6-7-20(19)33-24(21)25(30)28(22)9-3-8-27-10-12-32-13-11-27/h2,4-7,14-15,22H,3,8-13H2,1H3/p+1/t22-/m0/s1. The Kier molecular flexibility index (Phi) is 5.86. The topological polar surface area (TPSA) is 73.4 Å². The first-order valence-corrected chi connectivity index (χ1v) is 11.2. The van der Waals surface area contributed by atoms with E-state index in [9.17, 15) is 14.0 Å². The molecule has 2 aliphatic heterocycles. The zero-order valence-corrected chi connectivity index (χ0v) is 18.4. The van der Waals surface area contributed by atoms with E-state index < -0.39 is 11.9 Å². The van der Waals surface area contributed by atoms with Gasteiger partial charge < -0.3 is 23.7 Å². The third-order valence-corrected chi connectivity index (χ3v) is 6.47. The van der Waals surface area contributed by atoms with Crippen molar-refractivity contribution in [3.8, 4) is 5.75 Å². The summed E-state index contributed by atoms with van der Waals surface area (Å²) >= 11 is 0. The second kappa shape index (κ2) is 8.96. The van der Waals surface area contributed by atoms with Crippen LogP contribution in [0.4, 0.5) is 4.39 Å². The molecule has 0 bridgehead atoms. The van der Waals surface area contributed by atoms with Crippen molar-refractivity contribution in [2.75, 3.05) is 46.5 Å². The van der Waals surface area contributed by atoms with Crippen LogP contribution in [0.5, 0.6) is 5.75 Å². The molecular weight excluding hydrogens is 427 g/mol. The van der Waals surface area contributed by atoms with Crippen molar-refractivity contribution in [3.63, 3.8) is 0 Å². The van der Waals surface area contributed by atoms with E-state index in [2.05, 4.69) is 0 Å². The maximum Gasteiger partial charge on any atom is 0.290 e. The zero-order chi connectivity index (χ0) is 22.9. The van der Waals surface area contributed by atoms with Crippen LogP contribution in [0.2, 0.25) is 0 Å². The molecule has 3 aromatic rings. The summed E-state index contributed by atoms with van der Waals surface area (Å²) in [4.78, 5) is 30.0. The van der Waals surface area contributed by atoms with Crippen LogP contribution >= 0.6 is 0 Å². The van der Waals surface area contributed by atoms with E-state index in [1.165, 1.54) is 23.1 Å². The largest absolute Gasteiger partial charge is 0.497 e. The van der Waals surface area contributed by atoms with E-state index in [1.807, 2.05) is 24.3 Å². The van der Waals surface area contributed by atoms with Gasteiger partial charge in [0.25, 0.3) is 5.91 Å². The molecule has 1 saturated heterocycles. The van der Waals surface area contributed by atoms with Crippen molar-refractivity contribution in [2.45, 2.75) is 12.5 Å². The first kappa shape index (κ1) is 21.6. The number of methoxy groups -OCH3 is 1. The Bertz CT molecular complexity index is 1250. The van der Waals surface area contributed by atoms with E-state index in [-0.39, 0.29) is 33.6 Å². The van der Waals surface area contributed by atoms with E-state index in [0.717, 1.165) is 44.8 Å². The Balaban J connectivity index is 1.55. The quantitative estimate of drug-likeness (QED) is 0.616. The molecule has 1 fully saturated rings. The molecule has 33 heavy (non-hydrogen) atoms. The average Bonchev–Trinajstić information content (AvgIpc) is 3.12. The number of fused-ring (bicyclic) bond motifs is 2. The molecule has 8 heteroatoms. The number of benzene rings is 2. The molecule has 1 N–H and O–H groups in total. The van der Waals surface area contributed by atoms with Crippen molar-refractivity contribution < 1.29 is 28.0 Å². The summed E-state index contributed by atoms with van der Waals surface area (Å²) in [6.07, 6.45) is 0.776.